The minimum absolute atomic E-state index is 0.0590. The highest BCUT2D eigenvalue weighted by molar-refractivity contribution is 6.34. The number of nitrogens with zero attached hydrogens (tertiary/aromatic N) is 1. The van der Waals surface area contributed by atoms with Gasteiger partial charge in [0.25, 0.3) is 0 Å². The third-order valence-corrected chi connectivity index (χ3v) is 3.94. The molecular weight excluding hydrogens is 269 g/mol. The second-order valence-electron chi connectivity index (χ2n) is 4.88. The fourth-order valence-corrected chi connectivity index (χ4v) is 2.66. The summed E-state index contributed by atoms with van der Waals surface area (Å²) in [6.07, 6.45) is 2.78. The van der Waals surface area contributed by atoms with Gasteiger partial charge in [0.1, 0.15) is 11.9 Å². The molecule has 1 aliphatic rings. The Morgan fingerprint density at radius 1 is 1.33 bits per heavy atom. The molecule has 0 saturated heterocycles. The minimum atomic E-state index is -0.0882. The number of halogens is 2. The molecule has 2 nitrogen and oxygen atoms in total. The summed E-state index contributed by atoms with van der Waals surface area (Å²) < 4.78 is 5.90. The molecule has 2 rings (SSSR count). The van der Waals surface area contributed by atoms with E-state index in [-0.39, 0.29) is 12.0 Å². The average Bonchev–Trinajstić information content (AvgIpc) is 2.34. The van der Waals surface area contributed by atoms with E-state index < -0.39 is 0 Å². The Labute approximate surface area is 117 Å². The molecule has 1 aromatic rings. The van der Waals surface area contributed by atoms with E-state index in [0.29, 0.717) is 21.7 Å². The Morgan fingerprint density at radius 2 is 2.11 bits per heavy atom. The number of ether oxygens (including phenoxy) is 1. The standard InChI is InChI=1S/C14H15Cl2NO/c1-9-2-3-10(8-17)13(6-9)18-14-7-11(15)4-5-12(14)16/h4-5,7,9-10,13H,2-3,6H2,1H3. The molecule has 0 aromatic heterocycles. The van der Waals surface area contributed by atoms with Crippen molar-refractivity contribution in [3.05, 3.63) is 28.2 Å². The normalized spacial score (nSPS) is 27.6. The van der Waals surface area contributed by atoms with Crippen molar-refractivity contribution in [1.29, 1.82) is 5.26 Å². The SMILES string of the molecule is CC1CCC(C#N)C(Oc2cc(Cl)ccc2Cl)C1. The summed E-state index contributed by atoms with van der Waals surface area (Å²) in [5, 5.41) is 10.3. The number of nitriles is 1. The van der Waals surface area contributed by atoms with Gasteiger partial charge in [0.2, 0.25) is 0 Å². The fourth-order valence-electron chi connectivity index (χ4n) is 2.34. The summed E-state index contributed by atoms with van der Waals surface area (Å²) in [5.41, 5.74) is 0. The van der Waals surface area contributed by atoms with Crippen LogP contribution in [0, 0.1) is 23.2 Å². The highest BCUT2D eigenvalue weighted by Crippen LogP contribution is 2.35. The molecule has 0 bridgehead atoms. The van der Waals surface area contributed by atoms with Crippen LogP contribution in [-0.2, 0) is 0 Å². The Kier molecular flexibility index (Phi) is 4.37. The van der Waals surface area contributed by atoms with Crippen LogP contribution >= 0.6 is 23.2 Å². The summed E-state index contributed by atoms with van der Waals surface area (Å²) in [5.74, 6) is 1.09. The molecule has 0 N–H and O–H groups in total. The van der Waals surface area contributed by atoms with E-state index in [1.807, 2.05) is 0 Å². The lowest BCUT2D eigenvalue weighted by Crippen LogP contribution is -2.32. The van der Waals surface area contributed by atoms with Gasteiger partial charge in [0, 0.05) is 11.1 Å². The lowest BCUT2D eigenvalue weighted by Gasteiger charge is -2.31. The van der Waals surface area contributed by atoms with Crippen LogP contribution in [0.4, 0.5) is 0 Å². The molecule has 3 atom stereocenters. The van der Waals surface area contributed by atoms with Gasteiger partial charge in [0.05, 0.1) is 17.0 Å². The first-order valence-corrected chi connectivity index (χ1v) is 6.87. The topological polar surface area (TPSA) is 33.0 Å². The minimum Gasteiger partial charge on any atom is -0.487 e. The molecule has 18 heavy (non-hydrogen) atoms. The first-order valence-electron chi connectivity index (χ1n) is 6.11. The molecule has 1 saturated carbocycles. The quantitative estimate of drug-likeness (QED) is 0.788. The summed E-state index contributed by atoms with van der Waals surface area (Å²) >= 11 is 12.0. The van der Waals surface area contributed by atoms with E-state index in [1.54, 1.807) is 18.2 Å². The highest BCUT2D eigenvalue weighted by Gasteiger charge is 2.30. The number of hydrogen-bond acceptors (Lipinski definition) is 2. The smallest absolute Gasteiger partial charge is 0.139 e. The summed E-state index contributed by atoms with van der Waals surface area (Å²) in [6, 6.07) is 7.47. The predicted octanol–water partition coefficient (Wildman–Crippen LogP) is 4.70. The first-order chi connectivity index (χ1) is 8.60. The molecule has 0 heterocycles. The zero-order valence-corrected chi connectivity index (χ0v) is 11.7. The van der Waals surface area contributed by atoms with E-state index in [2.05, 4.69) is 13.0 Å². The summed E-state index contributed by atoms with van der Waals surface area (Å²) in [7, 11) is 0. The van der Waals surface area contributed by atoms with Crippen LogP contribution in [0.25, 0.3) is 0 Å². The number of hydrogen-bond donors (Lipinski definition) is 0. The zero-order chi connectivity index (χ0) is 13.1. The number of rotatable bonds is 2. The van der Waals surface area contributed by atoms with Gasteiger partial charge in [-0.3, -0.25) is 0 Å². The van der Waals surface area contributed by atoms with E-state index >= 15 is 0 Å². The predicted molar refractivity (Wildman–Crippen MR) is 73.0 cm³/mol. The zero-order valence-electron chi connectivity index (χ0n) is 10.2. The largest absolute Gasteiger partial charge is 0.487 e. The van der Waals surface area contributed by atoms with Crippen LogP contribution in [0.2, 0.25) is 10.0 Å². The van der Waals surface area contributed by atoms with Crippen molar-refractivity contribution in [1.82, 2.24) is 0 Å². The molecular formula is C14H15Cl2NO. The van der Waals surface area contributed by atoms with Crippen molar-refractivity contribution in [3.8, 4) is 11.8 Å². The monoisotopic (exact) mass is 283 g/mol. The molecule has 1 aromatic carbocycles. The van der Waals surface area contributed by atoms with E-state index in [0.717, 1.165) is 19.3 Å². The van der Waals surface area contributed by atoms with Gasteiger partial charge in [-0.25, -0.2) is 0 Å². The highest BCUT2D eigenvalue weighted by atomic mass is 35.5. The molecule has 0 amide bonds. The average molecular weight is 284 g/mol. The van der Waals surface area contributed by atoms with Gasteiger partial charge >= 0.3 is 0 Å². The molecule has 3 unspecified atom stereocenters. The molecule has 0 spiro atoms. The Hall–Kier alpha value is -0.910. The third-order valence-electron chi connectivity index (χ3n) is 3.39. The Morgan fingerprint density at radius 3 is 2.83 bits per heavy atom. The summed E-state index contributed by atoms with van der Waals surface area (Å²) in [6.45, 7) is 2.18. The molecule has 1 fully saturated rings. The van der Waals surface area contributed by atoms with Crippen LogP contribution in [0.15, 0.2) is 18.2 Å². The Balaban J connectivity index is 2.16. The Bertz CT molecular complexity index is 469. The maximum absolute atomic E-state index is 9.16. The van der Waals surface area contributed by atoms with Crippen molar-refractivity contribution in [2.45, 2.75) is 32.3 Å². The van der Waals surface area contributed by atoms with Crippen LogP contribution < -0.4 is 4.74 Å². The maximum Gasteiger partial charge on any atom is 0.139 e. The molecule has 1 aliphatic carbocycles. The van der Waals surface area contributed by atoms with E-state index in [9.17, 15) is 0 Å². The van der Waals surface area contributed by atoms with Crippen molar-refractivity contribution in [2.24, 2.45) is 11.8 Å². The second kappa shape index (κ2) is 5.82. The van der Waals surface area contributed by atoms with Crippen LogP contribution in [-0.4, -0.2) is 6.10 Å². The third kappa shape index (κ3) is 3.10. The van der Waals surface area contributed by atoms with Gasteiger partial charge in [-0.05, 0) is 37.3 Å². The van der Waals surface area contributed by atoms with Crippen molar-refractivity contribution >= 4 is 23.2 Å². The maximum atomic E-state index is 9.16. The van der Waals surface area contributed by atoms with Crippen molar-refractivity contribution < 1.29 is 4.74 Å². The molecule has 0 aliphatic heterocycles. The van der Waals surface area contributed by atoms with Gasteiger partial charge in [-0.15, -0.1) is 0 Å². The van der Waals surface area contributed by atoms with Crippen molar-refractivity contribution in [3.63, 3.8) is 0 Å². The second-order valence-corrected chi connectivity index (χ2v) is 5.73. The van der Waals surface area contributed by atoms with E-state index in [4.69, 9.17) is 33.2 Å². The van der Waals surface area contributed by atoms with E-state index in [1.165, 1.54) is 0 Å². The van der Waals surface area contributed by atoms with Crippen LogP contribution in [0.3, 0.4) is 0 Å². The summed E-state index contributed by atoms with van der Waals surface area (Å²) in [4.78, 5) is 0. The lowest BCUT2D eigenvalue weighted by atomic mass is 9.81. The number of benzene rings is 1. The molecule has 0 radical (unpaired) electrons. The molecule has 96 valence electrons. The van der Waals surface area contributed by atoms with Gasteiger partial charge in [0.15, 0.2) is 0 Å². The van der Waals surface area contributed by atoms with Gasteiger partial charge in [-0.2, -0.15) is 5.26 Å². The van der Waals surface area contributed by atoms with Crippen LogP contribution in [0.1, 0.15) is 26.2 Å². The molecule has 4 heteroatoms. The first kappa shape index (κ1) is 13.5. The van der Waals surface area contributed by atoms with Crippen molar-refractivity contribution in [2.75, 3.05) is 0 Å². The lowest BCUT2D eigenvalue weighted by molar-refractivity contribution is 0.0957. The van der Waals surface area contributed by atoms with Gasteiger partial charge < -0.3 is 4.74 Å². The van der Waals surface area contributed by atoms with Crippen LogP contribution in [0.5, 0.6) is 5.75 Å². The van der Waals surface area contributed by atoms with Gasteiger partial charge in [-0.1, -0.05) is 30.1 Å². The fraction of sp³-hybridized carbons (Fsp3) is 0.500.